The molecule has 0 bridgehead atoms. The van der Waals surface area contributed by atoms with Crippen LogP contribution in [-0.4, -0.2) is 49.8 Å². The van der Waals surface area contributed by atoms with Crippen LogP contribution >= 0.6 is 0 Å². The van der Waals surface area contributed by atoms with Crippen LogP contribution in [0.5, 0.6) is 0 Å². The molecule has 2 heterocycles. The van der Waals surface area contributed by atoms with E-state index in [0.717, 1.165) is 18.6 Å². The summed E-state index contributed by atoms with van der Waals surface area (Å²) in [4.78, 5) is 2.73. The molecule has 2 aliphatic heterocycles. The fraction of sp³-hybridized carbons (Fsp3) is 1.00. The van der Waals surface area contributed by atoms with Crippen LogP contribution in [0.1, 0.15) is 38.5 Å². The monoisotopic (exact) mass is 238 g/mol. The molecule has 2 saturated heterocycles. The minimum atomic E-state index is 0.534. The van der Waals surface area contributed by atoms with E-state index in [1.807, 2.05) is 0 Å². The number of nitrogens with zero attached hydrogens (tertiary/aromatic N) is 1. The molecule has 3 fully saturated rings. The third kappa shape index (κ3) is 3.43. The Hall–Kier alpha value is -0.120. The molecule has 0 spiro atoms. The molecule has 2 atom stereocenters. The molecule has 0 amide bonds. The van der Waals surface area contributed by atoms with Gasteiger partial charge in [-0.05, 0) is 57.5 Å². The smallest absolute Gasteiger partial charge is 0.0702 e. The molecule has 0 aromatic rings. The van der Waals surface area contributed by atoms with Crippen LogP contribution in [0.4, 0.5) is 0 Å². The Morgan fingerprint density at radius 1 is 1.06 bits per heavy atom. The minimum absolute atomic E-state index is 0.534. The summed E-state index contributed by atoms with van der Waals surface area (Å²) in [5.41, 5.74) is 0. The number of hydrogen-bond donors (Lipinski definition) is 1. The third-order valence-electron chi connectivity index (χ3n) is 4.42. The second-order valence-electron chi connectivity index (χ2n) is 6.03. The van der Waals surface area contributed by atoms with Crippen molar-refractivity contribution < 1.29 is 4.74 Å². The van der Waals surface area contributed by atoms with Crippen molar-refractivity contribution in [3.63, 3.8) is 0 Å². The number of hydrogen-bond acceptors (Lipinski definition) is 3. The average Bonchev–Trinajstić information content (AvgIpc) is 3.09. The molecular formula is C14H26N2O. The van der Waals surface area contributed by atoms with Crippen molar-refractivity contribution >= 4 is 0 Å². The molecular weight excluding hydrogens is 212 g/mol. The van der Waals surface area contributed by atoms with E-state index in [1.165, 1.54) is 64.7 Å². The molecule has 1 saturated carbocycles. The first kappa shape index (κ1) is 11.9. The number of piperidine rings is 1. The van der Waals surface area contributed by atoms with Gasteiger partial charge in [0.05, 0.1) is 6.10 Å². The van der Waals surface area contributed by atoms with Gasteiger partial charge in [-0.15, -0.1) is 0 Å². The van der Waals surface area contributed by atoms with Crippen LogP contribution in [0.25, 0.3) is 0 Å². The molecule has 0 radical (unpaired) electrons. The van der Waals surface area contributed by atoms with Gasteiger partial charge in [0.25, 0.3) is 0 Å². The topological polar surface area (TPSA) is 24.5 Å². The summed E-state index contributed by atoms with van der Waals surface area (Å²) in [6.07, 6.45) is 8.72. The Morgan fingerprint density at radius 3 is 2.65 bits per heavy atom. The van der Waals surface area contributed by atoms with E-state index in [1.54, 1.807) is 0 Å². The summed E-state index contributed by atoms with van der Waals surface area (Å²) in [6.45, 7) is 5.95. The van der Waals surface area contributed by atoms with Crippen LogP contribution in [0.3, 0.4) is 0 Å². The van der Waals surface area contributed by atoms with E-state index in [-0.39, 0.29) is 0 Å². The van der Waals surface area contributed by atoms with Gasteiger partial charge in [-0.3, -0.25) is 4.90 Å². The first-order valence-electron chi connectivity index (χ1n) is 7.48. The van der Waals surface area contributed by atoms with Crippen molar-refractivity contribution in [3.05, 3.63) is 0 Å². The maximum Gasteiger partial charge on any atom is 0.0702 e. The highest BCUT2D eigenvalue weighted by atomic mass is 16.5. The maximum atomic E-state index is 5.79. The van der Waals surface area contributed by atoms with E-state index < -0.39 is 0 Å². The summed E-state index contributed by atoms with van der Waals surface area (Å²) >= 11 is 0. The lowest BCUT2D eigenvalue weighted by atomic mass is 9.99. The van der Waals surface area contributed by atoms with E-state index in [2.05, 4.69) is 10.2 Å². The molecule has 17 heavy (non-hydrogen) atoms. The van der Waals surface area contributed by atoms with Crippen molar-refractivity contribution in [3.8, 4) is 0 Å². The highest BCUT2D eigenvalue weighted by Crippen LogP contribution is 2.30. The highest BCUT2D eigenvalue weighted by molar-refractivity contribution is 4.88. The van der Waals surface area contributed by atoms with E-state index in [0.29, 0.717) is 6.10 Å². The SMILES string of the molecule is C1CNCC(CN(CC2CCCO2)C2CC2)C1. The average molecular weight is 238 g/mol. The number of rotatable bonds is 5. The van der Waals surface area contributed by atoms with E-state index >= 15 is 0 Å². The zero-order valence-corrected chi connectivity index (χ0v) is 10.9. The van der Waals surface area contributed by atoms with Crippen molar-refractivity contribution in [1.29, 1.82) is 0 Å². The van der Waals surface area contributed by atoms with Crippen molar-refractivity contribution in [2.75, 3.05) is 32.8 Å². The lowest BCUT2D eigenvalue weighted by molar-refractivity contribution is 0.0625. The Morgan fingerprint density at radius 2 is 2.00 bits per heavy atom. The second-order valence-corrected chi connectivity index (χ2v) is 6.03. The first-order chi connectivity index (χ1) is 8.42. The normalized spacial score (nSPS) is 34.4. The van der Waals surface area contributed by atoms with Crippen molar-refractivity contribution in [2.24, 2.45) is 5.92 Å². The van der Waals surface area contributed by atoms with Crippen molar-refractivity contribution in [1.82, 2.24) is 10.2 Å². The van der Waals surface area contributed by atoms with Crippen LogP contribution in [0, 0.1) is 5.92 Å². The molecule has 3 aliphatic rings. The predicted octanol–water partition coefficient (Wildman–Crippen LogP) is 1.63. The van der Waals surface area contributed by atoms with Crippen LogP contribution in [-0.2, 0) is 4.74 Å². The van der Waals surface area contributed by atoms with Crippen LogP contribution < -0.4 is 5.32 Å². The van der Waals surface area contributed by atoms with Gasteiger partial charge in [-0.1, -0.05) is 0 Å². The molecule has 3 heteroatoms. The minimum Gasteiger partial charge on any atom is -0.377 e. The van der Waals surface area contributed by atoms with Crippen molar-refractivity contribution in [2.45, 2.75) is 50.7 Å². The first-order valence-corrected chi connectivity index (χ1v) is 7.48. The van der Waals surface area contributed by atoms with Gasteiger partial charge in [-0.25, -0.2) is 0 Å². The molecule has 0 aromatic heterocycles. The molecule has 1 N–H and O–H groups in total. The van der Waals surface area contributed by atoms with Crippen LogP contribution in [0.2, 0.25) is 0 Å². The lowest BCUT2D eigenvalue weighted by Crippen LogP contribution is -2.42. The summed E-state index contributed by atoms with van der Waals surface area (Å²) in [7, 11) is 0. The predicted molar refractivity (Wildman–Crippen MR) is 69.2 cm³/mol. The van der Waals surface area contributed by atoms with Gasteiger partial charge in [0.15, 0.2) is 0 Å². The van der Waals surface area contributed by atoms with E-state index in [4.69, 9.17) is 4.74 Å². The van der Waals surface area contributed by atoms with Gasteiger partial charge in [0.1, 0.15) is 0 Å². The molecule has 3 rings (SSSR count). The van der Waals surface area contributed by atoms with Gasteiger partial charge in [0, 0.05) is 25.7 Å². The standard InChI is InChI=1S/C14H26N2O/c1-3-12(9-15-7-1)10-16(13-5-6-13)11-14-4-2-8-17-14/h12-15H,1-11H2. The zero-order valence-electron chi connectivity index (χ0n) is 10.9. The number of nitrogens with one attached hydrogen (secondary N) is 1. The van der Waals surface area contributed by atoms with Gasteiger partial charge >= 0.3 is 0 Å². The summed E-state index contributed by atoms with van der Waals surface area (Å²) in [6, 6.07) is 0.890. The van der Waals surface area contributed by atoms with Gasteiger partial charge in [0.2, 0.25) is 0 Å². The number of ether oxygens (including phenoxy) is 1. The Balaban J connectivity index is 1.48. The third-order valence-corrected chi connectivity index (χ3v) is 4.42. The zero-order chi connectivity index (χ0) is 11.5. The largest absolute Gasteiger partial charge is 0.377 e. The summed E-state index contributed by atoms with van der Waals surface area (Å²) < 4.78 is 5.79. The summed E-state index contributed by atoms with van der Waals surface area (Å²) in [5.74, 6) is 0.880. The molecule has 3 nitrogen and oxygen atoms in total. The highest BCUT2D eigenvalue weighted by Gasteiger charge is 2.33. The van der Waals surface area contributed by atoms with Crippen LogP contribution in [0.15, 0.2) is 0 Å². The van der Waals surface area contributed by atoms with Gasteiger partial charge < -0.3 is 10.1 Å². The fourth-order valence-corrected chi connectivity index (χ4v) is 3.27. The molecule has 2 unspecified atom stereocenters. The lowest BCUT2D eigenvalue weighted by Gasteiger charge is -2.31. The molecule has 0 aromatic carbocycles. The Bertz CT molecular complexity index is 230. The Labute approximate surface area is 105 Å². The maximum absolute atomic E-state index is 5.79. The van der Waals surface area contributed by atoms with E-state index in [9.17, 15) is 0 Å². The fourth-order valence-electron chi connectivity index (χ4n) is 3.27. The second kappa shape index (κ2) is 5.68. The Kier molecular flexibility index (Phi) is 3.99. The molecule has 98 valence electrons. The quantitative estimate of drug-likeness (QED) is 0.788. The summed E-state index contributed by atoms with van der Waals surface area (Å²) in [5, 5.41) is 3.54. The van der Waals surface area contributed by atoms with Gasteiger partial charge in [-0.2, -0.15) is 0 Å². The molecule has 1 aliphatic carbocycles.